The highest BCUT2D eigenvalue weighted by Crippen LogP contribution is 2.29. The number of ether oxygens (including phenoxy) is 1. The summed E-state index contributed by atoms with van der Waals surface area (Å²) in [6, 6.07) is 12.2. The molecule has 2 nitrogen and oxygen atoms in total. The van der Waals surface area contributed by atoms with E-state index in [0.29, 0.717) is 0 Å². The number of nitrogens with one attached hydrogen (secondary N) is 1. The first-order valence-corrected chi connectivity index (χ1v) is 7.07. The van der Waals surface area contributed by atoms with Crippen molar-refractivity contribution in [2.24, 2.45) is 0 Å². The zero-order valence-corrected chi connectivity index (χ0v) is 13.0. The first kappa shape index (κ1) is 14.1. The summed E-state index contributed by atoms with van der Waals surface area (Å²) < 4.78 is 7.05. The van der Waals surface area contributed by atoms with Gasteiger partial charge in [-0.05, 0) is 62.4 Å². The highest BCUT2D eigenvalue weighted by molar-refractivity contribution is 9.10. The molecule has 0 saturated heterocycles. The lowest BCUT2D eigenvalue weighted by molar-refractivity contribution is 0.473. The Morgan fingerprint density at radius 3 is 2.53 bits per heavy atom. The van der Waals surface area contributed by atoms with Crippen molar-refractivity contribution in [2.45, 2.75) is 20.4 Å². The molecule has 1 N–H and O–H groups in total. The van der Waals surface area contributed by atoms with Gasteiger partial charge >= 0.3 is 0 Å². The summed E-state index contributed by atoms with van der Waals surface area (Å²) in [6.07, 6.45) is 0. The van der Waals surface area contributed by atoms with Crippen LogP contribution in [0.3, 0.4) is 0 Å². The predicted molar refractivity (Wildman–Crippen MR) is 82.9 cm³/mol. The van der Waals surface area contributed by atoms with E-state index >= 15 is 0 Å². The van der Waals surface area contributed by atoms with Gasteiger partial charge in [-0.3, -0.25) is 0 Å². The van der Waals surface area contributed by atoms with Gasteiger partial charge in [0.1, 0.15) is 11.5 Å². The van der Waals surface area contributed by atoms with Gasteiger partial charge < -0.3 is 10.1 Å². The van der Waals surface area contributed by atoms with E-state index in [-0.39, 0.29) is 0 Å². The van der Waals surface area contributed by atoms with Gasteiger partial charge in [0.05, 0.1) is 0 Å². The van der Waals surface area contributed by atoms with E-state index < -0.39 is 0 Å². The zero-order chi connectivity index (χ0) is 13.8. The van der Waals surface area contributed by atoms with Gasteiger partial charge in [-0.1, -0.05) is 22.0 Å². The van der Waals surface area contributed by atoms with Crippen molar-refractivity contribution in [1.82, 2.24) is 5.32 Å². The molecular formula is C16H18BrNO. The minimum Gasteiger partial charge on any atom is -0.457 e. The number of rotatable bonds is 4. The molecule has 100 valence electrons. The molecule has 0 bridgehead atoms. The van der Waals surface area contributed by atoms with Crippen molar-refractivity contribution < 1.29 is 4.74 Å². The Balaban J connectivity index is 2.29. The minimum absolute atomic E-state index is 0.777. The normalized spacial score (nSPS) is 10.5. The fourth-order valence-corrected chi connectivity index (χ4v) is 2.29. The number of halogens is 1. The first-order valence-electron chi connectivity index (χ1n) is 6.28. The third kappa shape index (κ3) is 3.58. The number of hydrogen-bond acceptors (Lipinski definition) is 2. The number of hydrogen-bond donors (Lipinski definition) is 1. The largest absolute Gasteiger partial charge is 0.457 e. The van der Waals surface area contributed by atoms with Gasteiger partial charge in [0.15, 0.2) is 0 Å². The summed E-state index contributed by atoms with van der Waals surface area (Å²) in [5, 5.41) is 3.16. The highest BCUT2D eigenvalue weighted by atomic mass is 79.9. The molecule has 0 aromatic heterocycles. The van der Waals surface area contributed by atoms with Gasteiger partial charge in [-0.15, -0.1) is 0 Å². The number of aryl methyl sites for hydroxylation is 2. The van der Waals surface area contributed by atoms with Crippen LogP contribution in [0.2, 0.25) is 0 Å². The molecule has 2 aromatic carbocycles. The second-order valence-electron chi connectivity index (χ2n) is 4.63. The van der Waals surface area contributed by atoms with E-state index in [1.54, 1.807) is 0 Å². The molecule has 0 atom stereocenters. The summed E-state index contributed by atoms with van der Waals surface area (Å²) in [5.74, 6) is 1.77. The van der Waals surface area contributed by atoms with Crippen molar-refractivity contribution in [3.8, 4) is 11.5 Å². The molecular weight excluding hydrogens is 302 g/mol. The molecule has 3 heteroatoms. The molecule has 0 saturated carbocycles. The lowest BCUT2D eigenvalue weighted by Crippen LogP contribution is -2.06. The van der Waals surface area contributed by atoms with Crippen LogP contribution < -0.4 is 10.1 Å². The fraction of sp³-hybridized carbons (Fsp3) is 0.250. The Morgan fingerprint density at radius 2 is 1.84 bits per heavy atom. The van der Waals surface area contributed by atoms with Crippen LogP contribution in [0, 0.1) is 13.8 Å². The van der Waals surface area contributed by atoms with Gasteiger partial charge in [-0.25, -0.2) is 0 Å². The summed E-state index contributed by atoms with van der Waals surface area (Å²) in [6.45, 7) is 4.98. The Hall–Kier alpha value is -1.32. The van der Waals surface area contributed by atoms with E-state index in [4.69, 9.17) is 4.74 Å². The molecule has 0 spiro atoms. The van der Waals surface area contributed by atoms with Gasteiger partial charge in [0.2, 0.25) is 0 Å². The average Bonchev–Trinajstić information content (AvgIpc) is 2.37. The van der Waals surface area contributed by atoms with Gasteiger partial charge in [-0.2, -0.15) is 0 Å². The molecule has 0 aliphatic carbocycles. The van der Waals surface area contributed by atoms with Gasteiger partial charge in [0, 0.05) is 16.6 Å². The second kappa shape index (κ2) is 6.22. The third-order valence-electron chi connectivity index (χ3n) is 3.10. The molecule has 0 aliphatic rings. The third-order valence-corrected chi connectivity index (χ3v) is 3.59. The topological polar surface area (TPSA) is 21.3 Å². The summed E-state index contributed by atoms with van der Waals surface area (Å²) in [5.41, 5.74) is 3.65. The van der Waals surface area contributed by atoms with E-state index in [2.05, 4.69) is 53.3 Å². The van der Waals surface area contributed by atoms with Crippen molar-refractivity contribution in [3.63, 3.8) is 0 Å². The molecule has 2 aromatic rings. The van der Waals surface area contributed by atoms with Crippen LogP contribution in [0.25, 0.3) is 0 Å². The van der Waals surface area contributed by atoms with Crippen molar-refractivity contribution in [3.05, 3.63) is 57.6 Å². The monoisotopic (exact) mass is 319 g/mol. The first-order chi connectivity index (χ1) is 9.10. The smallest absolute Gasteiger partial charge is 0.131 e. The highest BCUT2D eigenvalue weighted by Gasteiger charge is 2.06. The van der Waals surface area contributed by atoms with Crippen LogP contribution in [0.5, 0.6) is 11.5 Å². The SMILES string of the molecule is CNCc1cc(Br)ccc1Oc1ccc(C)c(C)c1. The zero-order valence-electron chi connectivity index (χ0n) is 11.5. The van der Waals surface area contributed by atoms with Crippen LogP contribution >= 0.6 is 15.9 Å². The summed E-state index contributed by atoms with van der Waals surface area (Å²) in [4.78, 5) is 0. The maximum Gasteiger partial charge on any atom is 0.131 e. The Morgan fingerprint density at radius 1 is 1.05 bits per heavy atom. The second-order valence-corrected chi connectivity index (χ2v) is 5.55. The van der Waals surface area contributed by atoms with Crippen molar-refractivity contribution >= 4 is 15.9 Å². The molecule has 0 heterocycles. The molecule has 2 rings (SSSR count). The average molecular weight is 320 g/mol. The van der Waals surface area contributed by atoms with Crippen LogP contribution in [0.4, 0.5) is 0 Å². The molecule has 19 heavy (non-hydrogen) atoms. The van der Waals surface area contributed by atoms with E-state index in [9.17, 15) is 0 Å². The predicted octanol–water partition coefficient (Wildman–Crippen LogP) is 4.58. The lowest BCUT2D eigenvalue weighted by atomic mass is 10.1. The van der Waals surface area contributed by atoms with Crippen molar-refractivity contribution in [2.75, 3.05) is 7.05 Å². The van der Waals surface area contributed by atoms with Crippen LogP contribution in [-0.4, -0.2) is 7.05 Å². The fourth-order valence-electron chi connectivity index (χ4n) is 1.88. The Labute approximate surface area is 122 Å². The Kier molecular flexibility index (Phi) is 4.61. The van der Waals surface area contributed by atoms with Gasteiger partial charge in [0.25, 0.3) is 0 Å². The lowest BCUT2D eigenvalue weighted by Gasteiger charge is -2.12. The van der Waals surface area contributed by atoms with E-state index in [0.717, 1.165) is 28.1 Å². The summed E-state index contributed by atoms with van der Waals surface area (Å²) in [7, 11) is 1.93. The standard InChI is InChI=1S/C16H18BrNO/c1-11-4-6-15(8-12(11)2)19-16-7-5-14(17)9-13(16)10-18-3/h4-9,18H,10H2,1-3H3. The molecule has 0 radical (unpaired) electrons. The van der Waals surface area contributed by atoms with Crippen molar-refractivity contribution in [1.29, 1.82) is 0 Å². The van der Waals surface area contributed by atoms with E-state index in [1.807, 2.05) is 25.2 Å². The van der Waals surface area contributed by atoms with Crippen LogP contribution in [-0.2, 0) is 6.54 Å². The molecule has 0 aliphatic heterocycles. The summed E-state index contributed by atoms with van der Waals surface area (Å²) >= 11 is 3.49. The quantitative estimate of drug-likeness (QED) is 0.890. The van der Waals surface area contributed by atoms with E-state index in [1.165, 1.54) is 11.1 Å². The number of benzene rings is 2. The maximum absolute atomic E-state index is 5.99. The Bertz CT molecular complexity index is 581. The maximum atomic E-state index is 5.99. The van der Waals surface area contributed by atoms with Crippen LogP contribution in [0.15, 0.2) is 40.9 Å². The minimum atomic E-state index is 0.777. The van der Waals surface area contributed by atoms with Crippen LogP contribution in [0.1, 0.15) is 16.7 Å². The molecule has 0 fully saturated rings. The molecule has 0 unspecified atom stereocenters. The molecule has 0 amide bonds.